The van der Waals surface area contributed by atoms with Crippen LogP contribution in [-0.2, 0) is 14.2 Å². The smallest absolute Gasteiger partial charge is 0.0626 e. The number of hydrogen-bond donors (Lipinski definition) is 2. The minimum atomic E-state index is -0.0580. The van der Waals surface area contributed by atoms with E-state index in [4.69, 9.17) is 19.9 Å². The SMILES string of the molecule is CC(C)(CCCCOC(C)(C)CCCCOCCCCS)OCCCN. The maximum atomic E-state index is 6.10. The van der Waals surface area contributed by atoms with Crippen molar-refractivity contribution in [3.05, 3.63) is 0 Å². The predicted molar refractivity (Wildman–Crippen MR) is 115 cm³/mol. The lowest BCUT2D eigenvalue weighted by molar-refractivity contribution is -0.0388. The van der Waals surface area contributed by atoms with Crippen molar-refractivity contribution in [3.63, 3.8) is 0 Å². The van der Waals surface area contributed by atoms with E-state index in [-0.39, 0.29) is 11.2 Å². The molecule has 4 nitrogen and oxygen atoms in total. The average Bonchev–Trinajstić information content (AvgIpc) is 2.57. The lowest BCUT2D eigenvalue weighted by Crippen LogP contribution is -2.27. The van der Waals surface area contributed by atoms with E-state index >= 15 is 0 Å². The summed E-state index contributed by atoms with van der Waals surface area (Å²) in [5.74, 6) is 0.952. The van der Waals surface area contributed by atoms with E-state index in [1.165, 1.54) is 0 Å². The molecule has 158 valence electrons. The van der Waals surface area contributed by atoms with Crippen LogP contribution in [0.1, 0.15) is 85.5 Å². The van der Waals surface area contributed by atoms with E-state index in [1.54, 1.807) is 0 Å². The quantitative estimate of drug-likeness (QED) is 0.240. The molecule has 0 saturated heterocycles. The average molecular weight is 392 g/mol. The molecule has 0 aromatic carbocycles. The Bertz CT molecular complexity index is 312. The maximum absolute atomic E-state index is 6.10. The van der Waals surface area contributed by atoms with E-state index in [9.17, 15) is 0 Å². The predicted octanol–water partition coefficient (Wildman–Crippen LogP) is 4.99. The monoisotopic (exact) mass is 391 g/mol. The van der Waals surface area contributed by atoms with Crippen LogP contribution in [0.15, 0.2) is 0 Å². The van der Waals surface area contributed by atoms with Crippen LogP contribution in [-0.4, -0.2) is 49.9 Å². The van der Waals surface area contributed by atoms with Crippen molar-refractivity contribution in [2.75, 3.05) is 38.7 Å². The van der Waals surface area contributed by atoms with Gasteiger partial charge < -0.3 is 19.9 Å². The fourth-order valence-corrected chi connectivity index (χ4v) is 2.97. The molecule has 0 rings (SSSR count). The van der Waals surface area contributed by atoms with Crippen LogP contribution >= 0.6 is 12.6 Å². The Balaban J connectivity index is 3.59. The highest BCUT2D eigenvalue weighted by Crippen LogP contribution is 2.21. The molecular formula is C21H45NO3S. The van der Waals surface area contributed by atoms with Crippen LogP contribution in [0.2, 0.25) is 0 Å². The Morgan fingerprint density at radius 1 is 0.654 bits per heavy atom. The van der Waals surface area contributed by atoms with E-state index < -0.39 is 0 Å². The van der Waals surface area contributed by atoms with Gasteiger partial charge in [-0.3, -0.25) is 0 Å². The molecule has 0 unspecified atom stereocenters. The van der Waals surface area contributed by atoms with Gasteiger partial charge in [-0.15, -0.1) is 0 Å². The van der Waals surface area contributed by atoms with Gasteiger partial charge in [0.15, 0.2) is 0 Å². The number of thiol groups is 1. The van der Waals surface area contributed by atoms with Gasteiger partial charge in [0.2, 0.25) is 0 Å². The first-order valence-electron chi connectivity index (χ1n) is 10.5. The third kappa shape index (κ3) is 17.6. The number of rotatable bonds is 19. The van der Waals surface area contributed by atoms with Gasteiger partial charge in [-0.1, -0.05) is 0 Å². The summed E-state index contributed by atoms with van der Waals surface area (Å²) in [4.78, 5) is 0. The van der Waals surface area contributed by atoms with E-state index in [0.29, 0.717) is 6.54 Å². The van der Waals surface area contributed by atoms with Gasteiger partial charge >= 0.3 is 0 Å². The van der Waals surface area contributed by atoms with Gasteiger partial charge in [-0.25, -0.2) is 0 Å². The van der Waals surface area contributed by atoms with Crippen LogP contribution < -0.4 is 5.73 Å². The minimum absolute atomic E-state index is 0.0425. The van der Waals surface area contributed by atoms with Gasteiger partial charge in [0, 0.05) is 26.4 Å². The van der Waals surface area contributed by atoms with Crippen LogP contribution in [0.4, 0.5) is 0 Å². The molecule has 0 radical (unpaired) electrons. The van der Waals surface area contributed by atoms with E-state index in [1.807, 2.05) is 0 Å². The number of nitrogens with two attached hydrogens (primary N) is 1. The van der Waals surface area contributed by atoms with Crippen LogP contribution in [0.5, 0.6) is 0 Å². The second kappa shape index (κ2) is 16.2. The molecule has 0 atom stereocenters. The minimum Gasteiger partial charge on any atom is -0.381 e. The molecule has 0 bridgehead atoms. The first-order valence-corrected chi connectivity index (χ1v) is 11.1. The van der Waals surface area contributed by atoms with E-state index in [0.717, 1.165) is 90.0 Å². The molecule has 0 spiro atoms. The zero-order valence-corrected chi connectivity index (χ0v) is 18.8. The Labute approximate surface area is 168 Å². The highest BCUT2D eigenvalue weighted by Gasteiger charge is 2.19. The van der Waals surface area contributed by atoms with Crippen molar-refractivity contribution in [2.45, 2.75) is 96.7 Å². The summed E-state index contributed by atoms with van der Waals surface area (Å²) in [5.41, 5.74) is 5.41. The molecule has 0 heterocycles. The molecule has 0 aliphatic rings. The Morgan fingerprint density at radius 3 is 1.62 bits per heavy atom. The summed E-state index contributed by atoms with van der Waals surface area (Å²) in [6.07, 6.45) is 9.82. The number of ether oxygens (including phenoxy) is 3. The highest BCUT2D eigenvalue weighted by atomic mass is 32.1. The van der Waals surface area contributed by atoms with Crippen molar-refractivity contribution in [1.29, 1.82) is 0 Å². The van der Waals surface area contributed by atoms with Gasteiger partial charge in [-0.05, 0) is 97.8 Å². The molecule has 5 heteroatoms. The standard InChI is InChI=1S/C21H45NO3S/c1-20(2,12-5-7-15-23-16-9-10-19-26)24-17-8-6-13-21(3,4)25-18-11-14-22/h26H,5-19,22H2,1-4H3. The van der Waals surface area contributed by atoms with Crippen molar-refractivity contribution in [3.8, 4) is 0 Å². The fraction of sp³-hybridized carbons (Fsp3) is 1.00. The Kier molecular flexibility index (Phi) is 16.3. The summed E-state index contributed by atoms with van der Waals surface area (Å²) in [5, 5.41) is 0. The third-order valence-corrected chi connectivity index (χ3v) is 4.84. The molecule has 0 aromatic heterocycles. The molecule has 0 aliphatic carbocycles. The summed E-state index contributed by atoms with van der Waals surface area (Å²) in [6, 6.07) is 0. The summed E-state index contributed by atoms with van der Waals surface area (Å²) in [6.45, 7) is 12.7. The molecule has 0 aliphatic heterocycles. The van der Waals surface area contributed by atoms with Gasteiger partial charge in [0.05, 0.1) is 11.2 Å². The summed E-state index contributed by atoms with van der Waals surface area (Å²) in [7, 11) is 0. The Hall–Kier alpha value is 0.190. The largest absolute Gasteiger partial charge is 0.381 e. The van der Waals surface area contributed by atoms with Crippen molar-refractivity contribution >= 4 is 12.6 Å². The Morgan fingerprint density at radius 2 is 1.12 bits per heavy atom. The molecule has 0 amide bonds. The first-order chi connectivity index (χ1) is 12.3. The molecular weight excluding hydrogens is 346 g/mol. The normalized spacial score (nSPS) is 12.7. The second-order valence-electron chi connectivity index (χ2n) is 8.32. The topological polar surface area (TPSA) is 53.7 Å². The van der Waals surface area contributed by atoms with E-state index in [2.05, 4.69) is 40.3 Å². The molecule has 26 heavy (non-hydrogen) atoms. The molecule has 0 aromatic rings. The third-order valence-electron chi connectivity index (χ3n) is 4.52. The zero-order valence-electron chi connectivity index (χ0n) is 17.9. The number of unbranched alkanes of at least 4 members (excludes halogenated alkanes) is 3. The fourth-order valence-electron chi connectivity index (χ4n) is 2.75. The lowest BCUT2D eigenvalue weighted by Gasteiger charge is -2.27. The maximum Gasteiger partial charge on any atom is 0.0626 e. The summed E-state index contributed by atoms with van der Waals surface area (Å²) < 4.78 is 17.6. The molecule has 0 fully saturated rings. The highest BCUT2D eigenvalue weighted by molar-refractivity contribution is 7.80. The first kappa shape index (κ1) is 26.2. The van der Waals surface area contributed by atoms with Crippen molar-refractivity contribution in [1.82, 2.24) is 0 Å². The van der Waals surface area contributed by atoms with Gasteiger partial charge in [-0.2, -0.15) is 12.6 Å². The molecule has 2 N–H and O–H groups in total. The van der Waals surface area contributed by atoms with Crippen molar-refractivity contribution < 1.29 is 14.2 Å². The van der Waals surface area contributed by atoms with Crippen LogP contribution in [0.3, 0.4) is 0 Å². The lowest BCUT2D eigenvalue weighted by atomic mass is 10.00. The number of hydrogen-bond acceptors (Lipinski definition) is 5. The zero-order chi connectivity index (χ0) is 19.7. The second-order valence-corrected chi connectivity index (χ2v) is 8.76. The molecule has 0 saturated carbocycles. The van der Waals surface area contributed by atoms with Crippen LogP contribution in [0.25, 0.3) is 0 Å². The van der Waals surface area contributed by atoms with Crippen molar-refractivity contribution in [2.24, 2.45) is 5.73 Å². The summed E-state index contributed by atoms with van der Waals surface area (Å²) >= 11 is 4.20. The van der Waals surface area contributed by atoms with Gasteiger partial charge in [0.1, 0.15) is 0 Å². The van der Waals surface area contributed by atoms with Crippen LogP contribution in [0, 0.1) is 0 Å². The van der Waals surface area contributed by atoms with Gasteiger partial charge in [0.25, 0.3) is 0 Å².